The molecule has 0 saturated carbocycles. The molecular weight excluding hydrogens is 295 g/mol. The number of fused-ring (bicyclic) bond motifs is 1. The van der Waals surface area contributed by atoms with Crippen LogP contribution in [0.4, 0.5) is 11.6 Å². The van der Waals surface area contributed by atoms with Crippen LogP contribution in [-0.2, 0) is 0 Å². The smallest absolute Gasteiger partial charge is 0.205 e. The monoisotopic (exact) mass is 302 g/mol. The molecule has 0 aliphatic carbocycles. The number of anilines is 2. The summed E-state index contributed by atoms with van der Waals surface area (Å²) < 4.78 is 0. The van der Waals surface area contributed by atoms with Gasteiger partial charge in [0.25, 0.3) is 0 Å². The molecule has 3 rings (SSSR count). The maximum atomic E-state index is 8.87. The van der Waals surface area contributed by atoms with Gasteiger partial charge in [-0.1, -0.05) is 23.2 Å². The molecule has 0 fully saturated rings. The van der Waals surface area contributed by atoms with Gasteiger partial charge in [-0.2, -0.15) is 5.26 Å². The van der Waals surface area contributed by atoms with Crippen molar-refractivity contribution in [2.45, 2.75) is 0 Å². The van der Waals surface area contributed by atoms with Crippen LogP contribution in [-0.4, -0.2) is 9.97 Å². The lowest BCUT2D eigenvalue weighted by Crippen LogP contribution is -1.91. The average Bonchev–Trinajstić information content (AvgIpc) is 2.78. The Balaban J connectivity index is 1.96. The minimum Gasteiger partial charge on any atom is -0.326 e. The summed E-state index contributed by atoms with van der Waals surface area (Å²) in [6.45, 7) is 0. The predicted octanol–water partition coefficient (Wildman–Crippen LogP) is 4.48. The van der Waals surface area contributed by atoms with E-state index in [0.29, 0.717) is 21.6 Å². The summed E-state index contributed by atoms with van der Waals surface area (Å²) in [6.07, 6.45) is 0. The van der Waals surface area contributed by atoms with Gasteiger partial charge in [-0.3, -0.25) is 0 Å². The molecule has 4 nitrogen and oxygen atoms in total. The maximum absolute atomic E-state index is 8.87. The van der Waals surface area contributed by atoms with Crippen molar-refractivity contribution in [3.63, 3.8) is 0 Å². The first-order valence-electron chi connectivity index (χ1n) is 5.77. The summed E-state index contributed by atoms with van der Waals surface area (Å²) in [6, 6.07) is 12.5. The van der Waals surface area contributed by atoms with Gasteiger partial charge in [0.15, 0.2) is 0 Å². The summed E-state index contributed by atoms with van der Waals surface area (Å²) >= 11 is 11.9. The molecule has 0 aliphatic heterocycles. The van der Waals surface area contributed by atoms with E-state index in [1.807, 2.05) is 0 Å². The normalized spacial score (nSPS) is 10.4. The molecule has 1 aromatic heterocycles. The van der Waals surface area contributed by atoms with E-state index < -0.39 is 0 Å². The third-order valence-electron chi connectivity index (χ3n) is 2.74. The van der Waals surface area contributed by atoms with E-state index in [-0.39, 0.29) is 0 Å². The van der Waals surface area contributed by atoms with Crippen LogP contribution in [0.5, 0.6) is 0 Å². The molecule has 3 aromatic rings. The lowest BCUT2D eigenvalue weighted by Gasteiger charge is -2.03. The number of imidazole rings is 1. The predicted molar refractivity (Wildman–Crippen MR) is 80.6 cm³/mol. The van der Waals surface area contributed by atoms with Gasteiger partial charge in [-0.15, -0.1) is 0 Å². The van der Waals surface area contributed by atoms with Crippen molar-refractivity contribution >= 4 is 45.9 Å². The van der Waals surface area contributed by atoms with Crippen LogP contribution in [0, 0.1) is 11.3 Å². The summed E-state index contributed by atoms with van der Waals surface area (Å²) in [5, 5.41) is 13.1. The van der Waals surface area contributed by atoms with E-state index in [9.17, 15) is 0 Å². The SMILES string of the molecule is N#Cc1ccc2nc(Nc3cc(Cl)cc(Cl)c3)[nH]c2c1. The number of benzene rings is 2. The summed E-state index contributed by atoms with van der Waals surface area (Å²) in [5.74, 6) is 0.563. The van der Waals surface area contributed by atoms with Crippen molar-refractivity contribution in [1.29, 1.82) is 5.26 Å². The second-order valence-electron chi connectivity index (χ2n) is 4.21. The third kappa shape index (κ3) is 2.55. The number of hydrogen-bond donors (Lipinski definition) is 2. The Hall–Kier alpha value is -2.22. The van der Waals surface area contributed by atoms with Gasteiger partial charge in [-0.05, 0) is 36.4 Å². The maximum Gasteiger partial charge on any atom is 0.205 e. The number of aromatic nitrogens is 2. The van der Waals surface area contributed by atoms with Crippen LogP contribution in [0.25, 0.3) is 11.0 Å². The molecule has 0 aliphatic rings. The number of nitrogens with one attached hydrogen (secondary N) is 2. The van der Waals surface area contributed by atoms with Crippen molar-refractivity contribution < 1.29 is 0 Å². The van der Waals surface area contributed by atoms with Crippen LogP contribution in [0.15, 0.2) is 36.4 Å². The zero-order valence-corrected chi connectivity index (χ0v) is 11.6. The molecule has 2 N–H and O–H groups in total. The molecule has 20 heavy (non-hydrogen) atoms. The number of halogens is 2. The van der Waals surface area contributed by atoms with E-state index in [4.69, 9.17) is 28.5 Å². The number of rotatable bonds is 2. The second-order valence-corrected chi connectivity index (χ2v) is 5.09. The molecule has 0 unspecified atom stereocenters. The average molecular weight is 303 g/mol. The molecule has 0 spiro atoms. The van der Waals surface area contributed by atoms with Crippen LogP contribution in [0.3, 0.4) is 0 Å². The van der Waals surface area contributed by atoms with E-state index >= 15 is 0 Å². The molecule has 0 amide bonds. The number of H-pyrrole nitrogens is 1. The molecule has 0 atom stereocenters. The Labute approximate surface area is 125 Å². The van der Waals surface area contributed by atoms with E-state index in [1.165, 1.54) is 0 Å². The number of aromatic amines is 1. The fourth-order valence-electron chi connectivity index (χ4n) is 1.90. The minimum absolute atomic E-state index is 0.544. The van der Waals surface area contributed by atoms with Crippen LogP contribution in [0.2, 0.25) is 10.0 Å². The van der Waals surface area contributed by atoms with Crippen molar-refractivity contribution in [3.8, 4) is 6.07 Å². The first-order valence-corrected chi connectivity index (χ1v) is 6.52. The highest BCUT2D eigenvalue weighted by Crippen LogP contribution is 2.25. The number of nitriles is 1. The Morgan fingerprint density at radius 1 is 1.10 bits per heavy atom. The number of hydrogen-bond acceptors (Lipinski definition) is 3. The second kappa shape index (κ2) is 5.04. The van der Waals surface area contributed by atoms with E-state index in [0.717, 1.165) is 16.7 Å². The molecular formula is C14H8Cl2N4. The first-order chi connectivity index (χ1) is 9.64. The molecule has 98 valence electrons. The van der Waals surface area contributed by atoms with Crippen molar-refractivity contribution in [2.24, 2.45) is 0 Å². The van der Waals surface area contributed by atoms with Crippen LogP contribution >= 0.6 is 23.2 Å². The third-order valence-corrected chi connectivity index (χ3v) is 3.17. The summed E-state index contributed by atoms with van der Waals surface area (Å²) in [7, 11) is 0. The highest BCUT2D eigenvalue weighted by Gasteiger charge is 2.05. The largest absolute Gasteiger partial charge is 0.326 e. The highest BCUT2D eigenvalue weighted by molar-refractivity contribution is 6.35. The Bertz CT molecular complexity index is 813. The van der Waals surface area contributed by atoms with Gasteiger partial charge in [0.1, 0.15) is 0 Å². The first kappa shape index (κ1) is 12.8. The topological polar surface area (TPSA) is 64.5 Å². The van der Waals surface area contributed by atoms with Crippen LogP contribution < -0.4 is 5.32 Å². The van der Waals surface area contributed by atoms with Gasteiger partial charge in [0.2, 0.25) is 5.95 Å². The van der Waals surface area contributed by atoms with E-state index in [2.05, 4.69) is 21.4 Å². The van der Waals surface area contributed by atoms with Gasteiger partial charge in [0, 0.05) is 15.7 Å². The quantitative estimate of drug-likeness (QED) is 0.733. The van der Waals surface area contributed by atoms with Crippen LogP contribution in [0.1, 0.15) is 5.56 Å². The van der Waals surface area contributed by atoms with Gasteiger partial charge < -0.3 is 10.3 Å². The standard InChI is InChI=1S/C14H8Cl2N4/c15-9-4-10(16)6-11(5-9)18-14-19-12-2-1-8(7-17)3-13(12)20-14/h1-6H,(H2,18,19,20). The minimum atomic E-state index is 0.544. The molecule has 0 bridgehead atoms. The molecule has 0 saturated heterocycles. The van der Waals surface area contributed by atoms with Gasteiger partial charge >= 0.3 is 0 Å². The molecule has 1 heterocycles. The molecule has 6 heteroatoms. The lowest BCUT2D eigenvalue weighted by atomic mass is 10.2. The van der Waals surface area contributed by atoms with E-state index in [1.54, 1.807) is 36.4 Å². The molecule has 2 aromatic carbocycles. The fraction of sp³-hybridized carbons (Fsp3) is 0. The number of nitrogens with zero attached hydrogens (tertiary/aromatic N) is 2. The lowest BCUT2D eigenvalue weighted by molar-refractivity contribution is 1.31. The zero-order chi connectivity index (χ0) is 14.1. The Morgan fingerprint density at radius 2 is 1.85 bits per heavy atom. The summed E-state index contributed by atoms with van der Waals surface area (Å²) in [5.41, 5.74) is 2.89. The molecule has 0 radical (unpaired) electrons. The van der Waals surface area contributed by atoms with Crippen molar-refractivity contribution in [1.82, 2.24) is 9.97 Å². The Kier molecular flexibility index (Phi) is 3.23. The highest BCUT2D eigenvalue weighted by atomic mass is 35.5. The summed E-state index contributed by atoms with van der Waals surface area (Å²) in [4.78, 5) is 7.48. The van der Waals surface area contributed by atoms with Gasteiger partial charge in [-0.25, -0.2) is 4.98 Å². The van der Waals surface area contributed by atoms with Crippen molar-refractivity contribution in [2.75, 3.05) is 5.32 Å². The van der Waals surface area contributed by atoms with Crippen molar-refractivity contribution in [3.05, 3.63) is 52.0 Å². The van der Waals surface area contributed by atoms with Gasteiger partial charge in [0.05, 0.1) is 22.7 Å². The fourth-order valence-corrected chi connectivity index (χ4v) is 2.43. The zero-order valence-electron chi connectivity index (χ0n) is 10.1. The Morgan fingerprint density at radius 3 is 2.55 bits per heavy atom.